The highest BCUT2D eigenvalue weighted by Crippen LogP contribution is 2.24. The number of halogens is 2. The molecule has 0 aliphatic rings. The second-order valence-corrected chi connectivity index (χ2v) is 14.1. The third-order valence-electron chi connectivity index (χ3n) is 4.60. The van der Waals surface area contributed by atoms with Crippen LogP contribution in [0.2, 0.25) is 25.7 Å². The minimum atomic E-state index is -2.45. The van der Waals surface area contributed by atoms with Gasteiger partial charge in [-0.1, -0.05) is 0 Å². The van der Waals surface area contributed by atoms with Gasteiger partial charge in [-0.2, -0.15) is 19.6 Å². The highest BCUT2D eigenvalue weighted by molar-refractivity contribution is 6.76. The average molecular weight is 432 g/mol. The van der Waals surface area contributed by atoms with Gasteiger partial charge in [-0.05, 0) is 36.4 Å². The Bertz CT molecular complexity index is 952. The van der Waals surface area contributed by atoms with Crippen LogP contribution in [0.5, 0.6) is 5.75 Å². The van der Waals surface area contributed by atoms with Crippen LogP contribution in [0.1, 0.15) is 5.69 Å². The van der Waals surface area contributed by atoms with Crippen LogP contribution in [0.3, 0.4) is 0 Å². The Morgan fingerprint density at radius 3 is 2.37 bits per heavy atom. The van der Waals surface area contributed by atoms with E-state index in [1.165, 1.54) is 0 Å². The van der Waals surface area contributed by atoms with Crippen LogP contribution in [-0.2, 0) is 17.9 Å². The number of aromatic hydroxyl groups is 1. The molecule has 8 heteroatoms. The molecule has 30 heavy (non-hydrogen) atoms. The van der Waals surface area contributed by atoms with Crippen molar-refractivity contribution in [1.82, 2.24) is 14.5 Å². The van der Waals surface area contributed by atoms with E-state index in [-0.39, 0.29) is 12.5 Å². The Labute approximate surface area is 176 Å². The molecule has 161 valence electrons. The van der Waals surface area contributed by atoms with Gasteiger partial charge in [0.1, 0.15) is 18.3 Å². The van der Waals surface area contributed by atoms with Crippen LogP contribution in [0.15, 0.2) is 48.8 Å². The molecular weight excluding hydrogens is 404 g/mol. The number of benzene rings is 1. The maximum atomic E-state index is 12.9. The molecule has 2 heterocycles. The highest BCUT2D eigenvalue weighted by Gasteiger charge is 2.15. The number of aromatic nitrogens is 3. The molecule has 2 aromatic heterocycles. The number of imidazole rings is 1. The number of alkyl halides is 2. The third kappa shape index (κ3) is 6.21. The fourth-order valence-corrected chi connectivity index (χ4v) is 3.68. The molecule has 0 atom stereocenters. The van der Waals surface area contributed by atoms with Crippen molar-refractivity contribution >= 4 is 8.07 Å². The van der Waals surface area contributed by atoms with E-state index in [0.717, 1.165) is 22.9 Å². The maximum absolute atomic E-state index is 12.9. The number of phenols is 1. The highest BCUT2D eigenvalue weighted by atomic mass is 28.3. The van der Waals surface area contributed by atoms with Gasteiger partial charge in [0, 0.05) is 30.1 Å². The molecule has 0 radical (unpaired) electrons. The van der Waals surface area contributed by atoms with Crippen molar-refractivity contribution in [1.29, 1.82) is 0 Å². The van der Waals surface area contributed by atoms with E-state index in [1.807, 2.05) is 12.1 Å². The van der Waals surface area contributed by atoms with Crippen molar-refractivity contribution in [2.24, 2.45) is 0 Å². The molecule has 0 spiro atoms. The molecular formula is C22H27F2N3O2Si-. The number of hydrogen-bond donors (Lipinski definition) is 1. The number of pyridine rings is 1. The zero-order valence-electron chi connectivity index (χ0n) is 17.5. The summed E-state index contributed by atoms with van der Waals surface area (Å²) in [7, 11) is -1.21. The molecule has 0 unspecified atom stereocenters. The molecule has 0 aliphatic heterocycles. The lowest BCUT2D eigenvalue weighted by Crippen LogP contribution is -2.22. The number of phenolic OH excluding ortho intramolecular Hbond substituents is 1. The van der Waals surface area contributed by atoms with Crippen molar-refractivity contribution in [2.75, 3.05) is 6.61 Å². The fourth-order valence-electron chi connectivity index (χ4n) is 2.93. The Morgan fingerprint density at radius 2 is 1.77 bits per heavy atom. The van der Waals surface area contributed by atoms with Gasteiger partial charge in [0.2, 0.25) is 6.43 Å². The summed E-state index contributed by atoms with van der Waals surface area (Å²) in [5.74, 6) is 0.751. The van der Waals surface area contributed by atoms with Gasteiger partial charge < -0.3 is 14.4 Å². The number of hydrogen-bond acceptors (Lipinski definition) is 4. The second-order valence-electron chi connectivity index (χ2n) is 8.45. The van der Waals surface area contributed by atoms with Gasteiger partial charge in [-0.3, -0.25) is 4.98 Å². The molecule has 1 aromatic carbocycles. The lowest BCUT2D eigenvalue weighted by Gasteiger charge is -2.26. The van der Waals surface area contributed by atoms with E-state index in [1.54, 1.807) is 41.2 Å². The molecule has 0 fully saturated rings. The smallest absolute Gasteiger partial charge is 0.244 e. The third-order valence-corrected chi connectivity index (χ3v) is 6.31. The van der Waals surface area contributed by atoms with E-state index >= 15 is 0 Å². The molecule has 0 saturated carbocycles. The van der Waals surface area contributed by atoms with E-state index in [2.05, 4.69) is 29.6 Å². The normalized spacial score (nSPS) is 11.9. The molecule has 1 N–H and O–H groups in total. The molecule has 0 aliphatic carbocycles. The first-order valence-corrected chi connectivity index (χ1v) is 13.6. The van der Waals surface area contributed by atoms with Crippen molar-refractivity contribution < 1.29 is 18.6 Å². The van der Waals surface area contributed by atoms with Crippen LogP contribution in [0, 0.1) is 0 Å². The van der Waals surface area contributed by atoms with Crippen molar-refractivity contribution in [3.63, 3.8) is 0 Å². The molecule has 0 bridgehead atoms. The first kappa shape index (κ1) is 22.1. The Balaban J connectivity index is 1.80. The fraction of sp³-hybridized carbons (Fsp3) is 0.364. The van der Waals surface area contributed by atoms with Gasteiger partial charge in [0.25, 0.3) is 0 Å². The summed E-state index contributed by atoms with van der Waals surface area (Å²) in [4.78, 5) is 8.88. The number of ether oxygens (including phenoxy) is 1. The number of nitrogens with zero attached hydrogens (tertiary/aromatic N) is 3. The minimum Gasteiger partial charge on any atom is -0.508 e. The summed E-state index contributed by atoms with van der Waals surface area (Å²) < 4.78 is 33.3. The topological polar surface area (TPSA) is 60.2 Å². The zero-order valence-corrected chi connectivity index (χ0v) is 18.5. The summed E-state index contributed by atoms with van der Waals surface area (Å²) >= 11 is 0. The molecule has 0 amide bonds. The van der Waals surface area contributed by atoms with E-state index in [9.17, 15) is 13.9 Å². The van der Waals surface area contributed by atoms with Gasteiger partial charge in [-0.25, -0.2) is 13.8 Å². The first-order valence-electron chi connectivity index (χ1n) is 9.89. The largest absolute Gasteiger partial charge is 0.508 e. The first-order chi connectivity index (χ1) is 14.2. The second kappa shape index (κ2) is 9.49. The molecule has 5 nitrogen and oxygen atoms in total. The van der Waals surface area contributed by atoms with Gasteiger partial charge in [0.05, 0.1) is 17.8 Å². The molecule has 3 rings (SSSR count). The Kier molecular flexibility index (Phi) is 6.99. The van der Waals surface area contributed by atoms with Crippen LogP contribution < -0.4 is 0 Å². The molecule has 0 saturated heterocycles. The summed E-state index contributed by atoms with van der Waals surface area (Å²) in [5, 5.41) is 9.43. The summed E-state index contributed by atoms with van der Waals surface area (Å²) in [6, 6.07) is 11.5. The summed E-state index contributed by atoms with van der Waals surface area (Å²) in [5.41, 5.74) is 2.68. The van der Waals surface area contributed by atoms with E-state index < -0.39 is 20.9 Å². The van der Waals surface area contributed by atoms with Gasteiger partial charge in [-0.15, -0.1) is 14.1 Å². The van der Waals surface area contributed by atoms with Crippen LogP contribution in [0.25, 0.3) is 22.6 Å². The van der Waals surface area contributed by atoms with Gasteiger partial charge in [0.15, 0.2) is 0 Å². The molecule has 3 aromatic rings. The number of rotatable bonds is 9. The van der Waals surface area contributed by atoms with Crippen molar-refractivity contribution in [3.8, 4) is 28.4 Å². The lowest BCUT2D eigenvalue weighted by atomic mass is 10.1. The van der Waals surface area contributed by atoms with Crippen LogP contribution in [-0.4, -0.2) is 40.7 Å². The van der Waals surface area contributed by atoms with Crippen molar-refractivity contribution in [2.45, 2.75) is 45.3 Å². The predicted molar refractivity (Wildman–Crippen MR) is 116 cm³/mol. The monoisotopic (exact) mass is 431 g/mol. The maximum Gasteiger partial charge on any atom is 0.244 e. The minimum absolute atomic E-state index is 0.193. The quantitative estimate of drug-likeness (QED) is 0.362. The summed E-state index contributed by atoms with van der Waals surface area (Å²) in [6.07, 6.45) is 0.455. The SMILES string of the molecule is C[Si-](C)(C)CCOCn1cc(CC(F)F)nc1-c1ccc(-c2ccc(O)cc2)nc1. The van der Waals surface area contributed by atoms with Crippen molar-refractivity contribution in [3.05, 3.63) is 54.5 Å². The lowest BCUT2D eigenvalue weighted by molar-refractivity contribution is 0.0881. The van der Waals surface area contributed by atoms with Crippen LogP contribution >= 0.6 is 0 Å². The Hall–Kier alpha value is -2.58. The van der Waals surface area contributed by atoms with Gasteiger partial charge >= 0.3 is 0 Å². The average Bonchev–Trinajstić information content (AvgIpc) is 3.07. The Morgan fingerprint density at radius 1 is 1.07 bits per heavy atom. The summed E-state index contributed by atoms with van der Waals surface area (Å²) in [6.45, 7) is 7.73. The predicted octanol–water partition coefficient (Wildman–Crippen LogP) is 5.44. The van der Waals surface area contributed by atoms with E-state index in [4.69, 9.17) is 4.74 Å². The van der Waals surface area contributed by atoms with Crippen LogP contribution in [0.4, 0.5) is 8.78 Å². The zero-order chi connectivity index (χ0) is 21.7. The standard InChI is InChI=1S/C22H27F2N3O2Si/c1-30(2,3)11-10-29-15-27-14-18(12-21(23)24)26-22(27)17-6-9-20(25-13-17)16-4-7-19(28)8-5-16/h4-9,13-14,21,28H,10-12,15H2,1-3H3/q-1. The van der Waals surface area contributed by atoms with E-state index in [0.29, 0.717) is 18.1 Å².